The summed E-state index contributed by atoms with van der Waals surface area (Å²) in [6.45, 7) is 7.09. The predicted octanol–water partition coefficient (Wildman–Crippen LogP) is 6.58. The molecule has 0 heterocycles. The predicted molar refractivity (Wildman–Crippen MR) is 141 cm³/mol. The quantitative estimate of drug-likeness (QED) is 0.209. The maximum absolute atomic E-state index is 13.9. The van der Waals surface area contributed by atoms with Gasteiger partial charge in [-0.2, -0.15) is 0 Å². The monoisotopic (exact) mass is 507 g/mol. The molecular weight excluding hydrogens is 473 g/mol. The van der Waals surface area contributed by atoms with Crippen molar-refractivity contribution < 1.29 is 28.2 Å². The molecule has 196 valence electrons. The number of amides is 1. The number of ether oxygens (including phenoxy) is 3. The number of benzene rings is 3. The Morgan fingerprint density at radius 3 is 2.30 bits per heavy atom. The van der Waals surface area contributed by atoms with Gasteiger partial charge in [-0.15, -0.1) is 0 Å². The molecule has 37 heavy (non-hydrogen) atoms. The van der Waals surface area contributed by atoms with Gasteiger partial charge in [-0.25, -0.2) is 4.39 Å². The van der Waals surface area contributed by atoms with Gasteiger partial charge in [-0.05, 0) is 79.3 Å². The van der Waals surface area contributed by atoms with Gasteiger partial charge in [0.15, 0.2) is 0 Å². The minimum atomic E-state index is -0.551. The van der Waals surface area contributed by atoms with Crippen molar-refractivity contribution in [1.82, 2.24) is 0 Å². The van der Waals surface area contributed by atoms with Gasteiger partial charge in [0.25, 0.3) is 5.91 Å². The Morgan fingerprint density at radius 1 is 0.919 bits per heavy atom. The van der Waals surface area contributed by atoms with Crippen LogP contribution < -0.4 is 14.8 Å². The summed E-state index contributed by atoms with van der Waals surface area (Å²) in [6.07, 6.45) is 1.67. The number of halogens is 1. The lowest BCUT2D eigenvalue weighted by molar-refractivity contribution is -0.143. The number of anilines is 1. The molecule has 0 aliphatic rings. The van der Waals surface area contributed by atoms with E-state index in [2.05, 4.69) is 43.4 Å². The van der Waals surface area contributed by atoms with E-state index in [1.807, 2.05) is 0 Å². The average molecular weight is 508 g/mol. The number of hydrogen-bond donors (Lipinski definition) is 1. The van der Waals surface area contributed by atoms with Gasteiger partial charge in [-0.3, -0.25) is 9.59 Å². The van der Waals surface area contributed by atoms with E-state index < -0.39 is 11.7 Å². The highest BCUT2D eigenvalue weighted by Gasteiger charge is 2.15. The molecule has 0 spiro atoms. The highest BCUT2D eigenvalue weighted by atomic mass is 19.1. The summed E-state index contributed by atoms with van der Waals surface area (Å²) in [5, 5.41) is 2.76. The van der Waals surface area contributed by atoms with E-state index in [1.165, 1.54) is 17.7 Å². The maximum atomic E-state index is 13.9. The van der Waals surface area contributed by atoms with E-state index in [1.54, 1.807) is 31.2 Å². The number of esters is 1. The van der Waals surface area contributed by atoms with Crippen LogP contribution in [0.1, 0.15) is 55.1 Å². The van der Waals surface area contributed by atoms with Crippen LogP contribution in [0.5, 0.6) is 11.5 Å². The molecule has 0 aromatic heterocycles. The van der Waals surface area contributed by atoms with Gasteiger partial charge < -0.3 is 19.5 Å². The average Bonchev–Trinajstić information content (AvgIpc) is 2.87. The van der Waals surface area contributed by atoms with Crippen molar-refractivity contribution >= 4 is 17.6 Å². The van der Waals surface area contributed by atoms with Crippen LogP contribution in [-0.4, -0.2) is 25.1 Å². The molecule has 0 saturated carbocycles. The smallest absolute Gasteiger partial charge is 0.305 e. The number of carbonyl (C=O) groups excluding carboxylic acids is 2. The molecule has 3 rings (SSSR count). The second-order valence-electron chi connectivity index (χ2n) is 9.08. The van der Waals surface area contributed by atoms with Crippen molar-refractivity contribution in [1.29, 1.82) is 0 Å². The zero-order chi connectivity index (χ0) is 26.6. The normalized spacial score (nSPS) is 10.7. The zero-order valence-electron chi connectivity index (χ0n) is 21.6. The number of carbonyl (C=O) groups is 2. The molecule has 1 N–H and O–H groups in total. The first-order valence-electron chi connectivity index (χ1n) is 12.5. The molecule has 0 bridgehead atoms. The van der Waals surface area contributed by atoms with Gasteiger partial charge in [-0.1, -0.05) is 38.1 Å². The van der Waals surface area contributed by atoms with Crippen molar-refractivity contribution in [3.8, 4) is 11.5 Å². The fourth-order valence-corrected chi connectivity index (χ4v) is 3.68. The van der Waals surface area contributed by atoms with Gasteiger partial charge in [0.1, 0.15) is 23.9 Å². The molecule has 6 nitrogen and oxygen atoms in total. The first kappa shape index (κ1) is 27.7. The van der Waals surface area contributed by atoms with Crippen LogP contribution in [0, 0.1) is 11.7 Å². The summed E-state index contributed by atoms with van der Waals surface area (Å²) < 4.78 is 30.3. The summed E-state index contributed by atoms with van der Waals surface area (Å²) in [5.74, 6) is 0.155. The maximum Gasteiger partial charge on any atom is 0.305 e. The molecule has 0 unspecified atom stereocenters. The Hall–Kier alpha value is -3.87. The minimum absolute atomic E-state index is 0.0670. The third-order valence-electron chi connectivity index (χ3n) is 5.46. The zero-order valence-corrected chi connectivity index (χ0v) is 21.6. The van der Waals surface area contributed by atoms with Crippen LogP contribution in [0.3, 0.4) is 0 Å². The summed E-state index contributed by atoms with van der Waals surface area (Å²) >= 11 is 0. The van der Waals surface area contributed by atoms with Crippen LogP contribution in [0.15, 0.2) is 66.7 Å². The second-order valence-corrected chi connectivity index (χ2v) is 9.08. The topological polar surface area (TPSA) is 73.9 Å². The van der Waals surface area contributed by atoms with Gasteiger partial charge in [0.05, 0.1) is 18.8 Å². The molecule has 3 aromatic carbocycles. The molecule has 0 fully saturated rings. The minimum Gasteiger partial charge on any atom is -0.493 e. The highest BCUT2D eigenvalue weighted by molar-refractivity contribution is 6.06. The first-order valence-corrected chi connectivity index (χ1v) is 12.5. The Morgan fingerprint density at radius 2 is 1.62 bits per heavy atom. The van der Waals surface area contributed by atoms with Crippen molar-refractivity contribution in [3.05, 3.63) is 89.2 Å². The summed E-state index contributed by atoms with van der Waals surface area (Å²) in [4.78, 5) is 24.3. The molecule has 1 amide bonds. The lowest BCUT2D eigenvalue weighted by Crippen LogP contribution is -2.15. The van der Waals surface area contributed by atoms with Crippen molar-refractivity contribution in [2.75, 3.05) is 18.5 Å². The summed E-state index contributed by atoms with van der Waals surface area (Å²) in [7, 11) is 0. The van der Waals surface area contributed by atoms with Crippen molar-refractivity contribution in [2.45, 2.75) is 46.6 Å². The van der Waals surface area contributed by atoms with Gasteiger partial charge in [0, 0.05) is 12.1 Å². The van der Waals surface area contributed by atoms with Crippen molar-refractivity contribution in [3.63, 3.8) is 0 Å². The Bertz CT molecular complexity index is 1160. The largest absolute Gasteiger partial charge is 0.493 e. The highest BCUT2D eigenvalue weighted by Crippen LogP contribution is 2.23. The Kier molecular flexibility index (Phi) is 10.5. The second kappa shape index (κ2) is 14.0. The van der Waals surface area contributed by atoms with E-state index >= 15 is 0 Å². The fourth-order valence-electron chi connectivity index (χ4n) is 3.68. The van der Waals surface area contributed by atoms with Crippen molar-refractivity contribution in [2.24, 2.45) is 5.92 Å². The Balaban J connectivity index is 1.53. The third-order valence-corrected chi connectivity index (χ3v) is 5.46. The standard InChI is InChI=1S/C30H34FNO5/c1-4-35-29(33)6-5-17-36-28-16-11-24(31)19-27(28)30(34)32-25-12-14-26(15-13-25)37-20-23-9-7-22(8-10-23)18-21(2)3/h7-16,19,21H,4-6,17-18,20H2,1-3H3,(H,32,34). The van der Waals surface area contributed by atoms with E-state index in [0.717, 1.165) is 18.1 Å². The number of rotatable bonds is 13. The molecule has 0 aliphatic heterocycles. The molecular formula is C30H34FNO5. The number of hydrogen-bond acceptors (Lipinski definition) is 5. The first-order chi connectivity index (χ1) is 17.8. The Labute approximate surface area is 217 Å². The van der Waals surface area contributed by atoms with Gasteiger partial charge >= 0.3 is 5.97 Å². The van der Waals surface area contributed by atoms with E-state index in [-0.39, 0.29) is 30.3 Å². The van der Waals surface area contributed by atoms with Crippen LogP contribution in [0.4, 0.5) is 10.1 Å². The molecule has 0 aliphatic carbocycles. The van der Waals surface area contributed by atoms with Gasteiger partial charge in [0.2, 0.25) is 0 Å². The summed E-state index contributed by atoms with van der Waals surface area (Å²) in [6, 6.07) is 19.1. The lowest BCUT2D eigenvalue weighted by Gasteiger charge is -2.13. The summed E-state index contributed by atoms with van der Waals surface area (Å²) in [5.41, 5.74) is 2.98. The van der Waals surface area contributed by atoms with E-state index in [0.29, 0.717) is 37.0 Å². The van der Waals surface area contributed by atoms with E-state index in [9.17, 15) is 14.0 Å². The molecule has 3 aromatic rings. The molecule has 7 heteroatoms. The van der Waals surface area contributed by atoms with Crippen LogP contribution in [0.25, 0.3) is 0 Å². The van der Waals surface area contributed by atoms with Crippen LogP contribution in [-0.2, 0) is 22.6 Å². The van der Waals surface area contributed by atoms with Crippen LogP contribution >= 0.6 is 0 Å². The molecule has 0 radical (unpaired) electrons. The third kappa shape index (κ3) is 9.26. The van der Waals surface area contributed by atoms with Crippen LogP contribution in [0.2, 0.25) is 0 Å². The molecule has 0 atom stereocenters. The molecule has 0 saturated heterocycles. The fraction of sp³-hybridized carbons (Fsp3) is 0.333. The SMILES string of the molecule is CCOC(=O)CCCOc1ccc(F)cc1C(=O)Nc1ccc(OCc2ccc(CC(C)C)cc2)cc1. The number of nitrogens with one attached hydrogen (secondary N) is 1. The van der Waals surface area contributed by atoms with E-state index in [4.69, 9.17) is 14.2 Å². The lowest BCUT2D eigenvalue weighted by atomic mass is 10.0.